The van der Waals surface area contributed by atoms with E-state index in [0.29, 0.717) is 30.8 Å². The second-order valence-electron chi connectivity index (χ2n) is 7.63. The molecule has 0 bridgehead atoms. The largest absolute Gasteiger partial charge is 0.494 e. The maximum Gasteiger partial charge on any atom is 0.192 e. The van der Waals surface area contributed by atoms with E-state index in [1.165, 1.54) is 0 Å². The fraction of sp³-hybridized carbons (Fsp3) is 0.542. The van der Waals surface area contributed by atoms with Crippen molar-refractivity contribution < 1.29 is 24.5 Å². The first-order valence-corrected chi connectivity index (χ1v) is 10.6. The van der Waals surface area contributed by atoms with E-state index in [4.69, 9.17) is 19.7 Å². The van der Waals surface area contributed by atoms with Gasteiger partial charge < -0.3 is 19.7 Å². The summed E-state index contributed by atoms with van der Waals surface area (Å²) in [6.45, 7) is 3.74. The van der Waals surface area contributed by atoms with Crippen molar-refractivity contribution in [3.05, 3.63) is 53.6 Å². The van der Waals surface area contributed by atoms with Crippen LogP contribution in [0.3, 0.4) is 0 Å². The summed E-state index contributed by atoms with van der Waals surface area (Å²) in [5.41, 5.74) is 0.947. The van der Waals surface area contributed by atoms with Crippen LogP contribution in [0.1, 0.15) is 62.2 Å². The van der Waals surface area contributed by atoms with Crippen LogP contribution in [0.4, 0.5) is 0 Å². The zero-order valence-electron chi connectivity index (χ0n) is 17.4. The lowest BCUT2D eigenvalue weighted by Gasteiger charge is -2.28. The molecule has 2 rings (SSSR count). The summed E-state index contributed by atoms with van der Waals surface area (Å²) >= 11 is 0. The Hall–Kier alpha value is -1.95. The lowest BCUT2D eigenvalue weighted by Crippen LogP contribution is -2.28. The van der Waals surface area contributed by atoms with Crippen LogP contribution >= 0.6 is 0 Å². The number of benzene rings is 1. The Balaban J connectivity index is 1.80. The van der Waals surface area contributed by atoms with Gasteiger partial charge in [-0.15, -0.1) is 0 Å². The third-order valence-corrected chi connectivity index (χ3v) is 5.03. The quantitative estimate of drug-likeness (QED) is 0.360. The van der Waals surface area contributed by atoms with E-state index >= 15 is 0 Å². The number of allylic oxidation sites excluding steroid dienone is 2. The van der Waals surface area contributed by atoms with Crippen LogP contribution in [-0.2, 0) is 4.74 Å². The van der Waals surface area contributed by atoms with E-state index < -0.39 is 0 Å². The van der Waals surface area contributed by atoms with Crippen LogP contribution in [-0.4, -0.2) is 48.0 Å². The van der Waals surface area contributed by atoms with Crippen LogP contribution in [0.2, 0.25) is 0 Å². The van der Waals surface area contributed by atoms with Crippen molar-refractivity contribution in [1.29, 1.82) is 0 Å². The Kier molecular flexibility index (Phi) is 10.1. The smallest absolute Gasteiger partial charge is 0.192 e. The van der Waals surface area contributed by atoms with E-state index in [9.17, 15) is 4.79 Å². The van der Waals surface area contributed by atoms with Crippen LogP contribution in [0.5, 0.6) is 5.75 Å². The average Bonchev–Trinajstić information content (AvgIpc) is 2.74. The highest BCUT2D eigenvalue weighted by molar-refractivity contribution is 6.10. The highest BCUT2D eigenvalue weighted by Gasteiger charge is 2.25. The number of ether oxygens (including phenoxy) is 2. The van der Waals surface area contributed by atoms with Crippen molar-refractivity contribution in [2.45, 2.75) is 57.5 Å². The Labute approximate surface area is 174 Å². The Morgan fingerprint density at radius 2 is 1.62 bits per heavy atom. The molecule has 0 aliphatic heterocycles. The normalized spacial score (nSPS) is 18.5. The minimum Gasteiger partial charge on any atom is -0.494 e. The SMILES string of the molecule is CC1(OCCCCCO)C=CC(C(=O)c2ccc(OCCCCCO)cc2)=CC1. The van der Waals surface area contributed by atoms with Gasteiger partial charge in [0, 0.05) is 31.0 Å². The van der Waals surface area contributed by atoms with E-state index in [-0.39, 0.29) is 24.6 Å². The fourth-order valence-corrected chi connectivity index (χ4v) is 3.14. The predicted molar refractivity (Wildman–Crippen MR) is 114 cm³/mol. The minimum absolute atomic E-state index is 0.000687. The van der Waals surface area contributed by atoms with Gasteiger partial charge in [-0.1, -0.05) is 18.2 Å². The average molecular weight is 403 g/mol. The number of unbranched alkanes of at least 4 members (excludes halogenated alkanes) is 4. The number of carbonyl (C=O) groups excluding carboxylic acids is 1. The van der Waals surface area contributed by atoms with Gasteiger partial charge in [-0.25, -0.2) is 0 Å². The number of hydrogen-bond acceptors (Lipinski definition) is 5. The maximum atomic E-state index is 12.7. The molecule has 5 heteroatoms. The zero-order chi connectivity index (χ0) is 21.0. The maximum absolute atomic E-state index is 12.7. The third-order valence-electron chi connectivity index (χ3n) is 5.03. The lowest BCUT2D eigenvalue weighted by molar-refractivity contribution is 0.00441. The molecule has 160 valence electrons. The number of aliphatic hydroxyl groups excluding tert-OH is 2. The molecular formula is C24H34O5. The molecule has 1 aromatic rings. The zero-order valence-corrected chi connectivity index (χ0v) is 17.4. The molecule has 0 radical (unpaired) electrons. The van der Waals surface area contributed by atoms with E-state index in [1.54, 1.807) is 12.1 Å². The van der Waals surface area contributed by atoms with Gasteiger partial charge in [-0.2, -0.15) is 0 Å². The molecule has 2 N–H and O–H groups in total. The standard InChI is InChI=1S/C24H34O5/c1-24(29-19-7-3-5-17-26)14-12-21(13-15-24)23(27)20-8-10-22(11-9-20)28-18-6-2-4-16-25/h8-14,25-26H,2-7,15-19H2,1H3. The second-order valence-corrected chi connectivity index (χ2v) is 7.63. The molecule has 0 aromatic heterocycles. The van der Waals surface area contributed by atoms with Gasteiger partial charge in [0.05, 0.1) is 12.2 Å². The minimum atomic E-state index is -0.378. The monoisotopic (exact) mass is 402 g/mol. The summed E-state index contributed by atoms with van der Waals surface area (Å²) in [4.78, 5) is 12.7. The third kappa shape index (κ3) is 8.13. The first-order chi connectivity index (χ1) is 14.1. The molecule has 5 nitrogen and oxygen atoms in total. The van der Waals surface area contributed by atoms with Gasteiger partial charge in [0.2, 0.25) is 0 Å². The number of Topliss-reactive ketones (excluding diaryl/α,β-unsaturated/α-hetero) is 1. The Bertz CT molecular complexity index is 677. The molecule has 1 aliphatic carbocycles. The molecular weight excluding hydrogens is 368 g/mol. The summed E-state index contributed by atoms with van der Waals surface area (Å²) in [5.74, 6) is 0.752. The van der Waals surface area contributed by atoms with Gasteiger partial charge in [0.1, 0.15) is 5.75 Å². The number of rotatable bonds is 14. The molecule has 1 aromatic carbocycles. The highest BCUT2D eigenvalue weighted by atomic mass is 16.5. The number of hydrogen-bond donors (Lipinski definition) is 2. The fourth-order valence-electron chi connectivity index (χ4n) is 3.14. The molecule has 0 saturated heterocycles. The Morgan fingerprint density at radius 1 is 0.966 bits per heavy atom. The van der Waals surface area contributed by atoms with Gasteiger partial charge in [0.15, 0.2) is 5.78 Å². The van der Waals surface area contributed by atoms with Crippen LogP contribution < -0.4 is 4.74 Å². The molecule has 0 fully saturated rings. The van der Waals surface area contributed by atoms with Crippen LogP contribution in [0.15, 0.2) is 48.1 Å². The molecule has 29 heavy (non-hydrogen) atoms. The van der Waals surface area contributed by atoms with Crippen molar-refractivity contribution in [1.82, 2.24) is 0 Å². The predicted octanol–water partition coefficient (Wildman–Crippen LogP) is 4.23. The molecule has 0 amide bonds. The molecule has 0 heterocycles. The van der Waals surface area contributed by atoms with Crippen molar-refractivity contribution in [3.8, 4) is 5.75 Å². The van der Waals surface area contributed by atoms with Gasteiger partial charge >= 0.3 is 0 Å². The summed E-state index contributed by atoms with van der Waals surface area (Å²) < 4.78 is 11.6. The van der Waals surface area contributed by atoms with E-state index in [1.807, 2.05) is 37.3 Å². The summed E-state index contributed by atoms with van der Waals surface area (Å²) in [7, 11) is 0. The van der Waals surface area contributed by atoms with E-state index in [0.717, 1.165) is 44.3 Å². The first kappa shape index (κ1) is 23.3. The Morgan fingerprint density at radius 3 is 2.21 bits per heavy atom. The second kappa shape index (κ2) is 12.6. The number of ketones is 1. The lowest BCUT2D eigenvalue weighted by atomic mass is 9.90. The summed E-state index contributed by atoms with van der Waals surface area (Å²) in [6.07, 6.45) is 11.8. The number of aliphatic hydroxyl groups is 2. The van der Waals surface area contributed by atoms with Crippen molar-refractivity contribution in [3.63, 3.8) is 0 Å². The summed E-state index contributed by atoms with van der Waals surface area (Å²) in [6, 6.07) is 7.25. The van der Waals surface area contributed by atoms with Crippen molar-refractivity contribution >= 4 is 5.78 Å². The van der Waals surface area contributed by atoms with E-state index in [2.05, 4.69) is 0 Å². The first-order valence-electron chi connectivity index (χ1n) is 10.6. The highest BCUT2D eigenvalue weighted by Crippen LogP contribution is 2.27. The summed E-state index contributed by atoms with van der Waals surface area (Å²) in [5, 5.41) is 17.6. The van der Waals surface area contributed by atoms with Crippen molar-refractivity contribution in [2.24, 2.45) is 0 Å². The van der Waals surface area contributed by atoms with Gasteiger partial charge in [-0.05, 0) is 76.1 Å². The molecule has 0 saturated carbocycles. The van der Waals surface area contributed by atoms with Gasteiger partial charge in [-0.3, -0.25) is 4.79 Å². The van der Waals surface area contributed by atoms with Crippen LogP contribution in [0.25, 0.3) is 0 Å². The van der Waals surface area contributed by atoms with Crippen LogP contribution in [0, 0.1) is 0 Å². The topological polar surface area (TPSA) is 76.0 Å². The van der Waals surface area contributed by atoms with Crippen molar-refractivity contribution in [2.75, 3.05) is 26.4 Å². The molecule has 1 unspecified atom stereocenters. The number of carbonyl (C=O) groups is 1. The molecule has 0 spiro atoms. The van der Waals surface area contributed by atoms with Gasteiger partial charge in [0.25, 0.3) is 0 Å². The molecule has 1 aliphatic rings. The molecule has 1 atom stereocenters.